The maximum atomic E-state index is 14.2. The van der Waals surface area contributed by atoms with Gasteiger partial charge < -0.3 is 60.6 Å². The summed E-state index contributed by atoms with van der Waals surface area (Å²) >= 11 is 0. The number of unbranched alkanes of at least 4 members (excludes halogenated alkanes) is 2. The largest absolute Gasteiger partial charge is 0.370 e. The van der Waals surface area contributed by atoms with Crippen molar-refractivity contribution in [1.29, 1.82) is 0 Å². The number of carbonyl (C=O) groups is 7. The van der Waals surface area contributed by atoms with Crippen LogP contribution in [0, 0.1) is 5.92 Å². The summed E-state index contributed by atoms with van der Waals surface area (Å²) in [6.07, 6.45) is 3.34. The molecule has 0 saturated heterocycles. The number of aliphatic imine (C=N–C) groups is 1. The van der Waals surface area contributed by atoms with Gasteiger partial charge in [0.1, 0.15) is 30.2 Å². The summed E-state index contributed by atoms with van der Waals surface area (Å²) in [5.41, 5.74) is 31.5. The zero-order valence-electron chi connectivity index (χ0n) is 37.0. The van der Waals surface area contributed by atoms with Crippen molar-refractivity contribution in [2.45, 2.75) is 114 Å². The summed E-state index contributed by atoms with van der Waals surface area (Å²) in [5, 5.41) is 16.1. The Balaban J connectivity index is 2.32. The Kier molecular flexibility index (Phi) is 25.3. The van der Waals surface area contributed by atoms with Crippen LogP contribution in [0.1, 0.15) is 76.3 Å². The normalized spacial score (nSPS) is 13.8. The van der Waals surface area contributed by atoms with E-state index in [-0.39, 0.29) is 44.1 Å². The monoisotopic (exact) mass is 895 g/mol. The van der Waals surface area contributed by atoms with Crippen LogP contribution in [-0.2, 0) is 46.4 Å². The van der Waals surface area contributed by atoms with Crippen LogP contribution in [0.2, 0.25) is 0 Å². The molecule has 7 amide bonds. The number of nitrogens with two attached hydrogens (primary N) is 6. The second-order valence-electron chi connectivity index (χ2n) is 15.8. The van der Waals surface area contributed by atoms with Gasteiger partial charge in [-0.3, -0.25) is 44.4 Å². The van der Waals surface area contributed by atoms with Crippen LogP contribution < -0.4 is 71.8 Å². The minimum absolute atomic E-state index is 0.00216. The standard InChI is InChI=1S/C43H70N14O7/c1-27(2)36(56-39(61)32(57-49)19-10-12-22-45)42(64)51-26-35(58)52-33(24-28-14-5-3-6-15-28)40(62)55-34(25-29-16-7-4-8-17-29)41(63)54-31(18-9-11-21-44)38(60)53-30(37(46)59)20-13-23-50-43(47)48/h3-8,14-17,27,30-34,36,57H,9-13,18-26,44-45,49H2,1-2H3,(H2,46,59)(H,51,64)(H,52,58)(H,53,60)(H,54,63)(H,55,62)(H,56,61)(H4,47,48,50)/t30-,31-,32-,33-,34-,36-/m0/s1. The molecule has 0 radical (unpaired) electrons. The number of rotatable bonds is 31. The zero-order valence-corrected chi connectivity index (χ0v) is 37.0. The summed E-state index contributed by atoms with van der Waals surface area (Å²) in [7, 11) is 0. The number of amides is 7. The molecule has 0 saturated carbocycles. The van der Waals surface area contributed by atoms with Gasteiger partial charge in [0, 0.05) is 19.4 Å². The van der Waals surface area contributed by atoms with E-state index in [4.69, 9.17) is 34.5 Å². The molecule has 0 aromatic heterocycles. The average molecular weight is 895 g/mol. The number of hydrazine groups is 1. The van der Waals surface area contributed by atoms with Crippen molar-refractivity contribution < 1.29 is 33.6 Å². The first-order valence-corrected chi connectivity index (χ1v) is 21.7. The highest BCUT2D eigenvalue weighted by molar-refractivity contribution is 5.96. The van der Waals surface area contributed by atoms with Crippen LogP contribution in [0.15, 0.2) is 65.7 Å². The molecule has 2 aromatic rings. The van der Waals surface area contributed by atoms with Gasteiger partial charge in [-0.1, -0.05) is 80.9 Å². The van der Waals surface area contributed by atoms with Crippen LogP contribution in [0.25, 0.3) is 0 Å². The van der Waals surface area contributed by atoms with Gasteiger partial charge in [0.05, 0.1) is 12.6 Å². The Morgan fingerprint density at radius 2 is 1.00 bits per heavy atom. The lowest BCUT2D eigenvalue weighted by Crippen LogP contribution is -2.59. The molecule has 21 nitrogen and oxygen atoms in total. The second-order valence-corrected chi connectivity index (χ2v) is 15.8. The molecule has 6 atom stereocenters. The van der Waals surface area contributed by atoms with Gasteiger partial charge in [0.2, 0.25) is 41.4 Å². The third-order valence-electron chi connectivity index (χ3n) is 10.2. The lowest BCUT2D eigenvalue weighted by molar-refractivity contribution is -0.134. The molecule has 0 heterocycles. The van der Waals surface area contributed by atoms with E-state index in [0.717, 1.165) is 0 Å². The number of nitrogens with one attached hydrogen (secondary N) is 7. The molecule has 64 heavy (non-hydrogen) atoms. The lowest BCUT2D eigenvalue weighted by Gasteiger charge is -2.27. The third-order valence-corrected chi connectivity index (χ3v) is 10.2. The van der Waals surface area contributed by atoms with Crippen molar-refractivity contribution in [3.05, 3.63) is 71.8 Å². The van der Waals surface area contributed by atoms with Crippen LogP contribution in [0.3, 0.4) is 0 Å². The molecule has 21 heteroatoms. The first-order valence-electron chi connectivity index (χ1n) is 21.7. The number of carbonyl (C=O) groups excluding carboxylic acids is 7. The molecule has 0 unspecified atom stereocenters. The van der Waals surface area contributed by atoms with Crippen molar-refractivity contribution >= 4 is 47.3 Å². The molecular weight excluding hydrogens is 825 g/mol. The highest BCUT2D eigenvalue weighted by Gasteiger charge is 2.32. The highest BCUT2D eigenvalue weighted by Crippen LogP contribution is 2.11. The molecule has 0 spiro atoms. The fourth-order valence-corrected chi connectivity index (χ4v) is 6.58. The molecule has 19 N–H and O–H groups in total. The van der Waals surface area contributed by atoms with Crippen molar-refractivity contribution in [3.8, 4) is 0 Å². The summed E-state index contributed by atoms with van der Waals surface area (Å²) in [6, 6.07) is 11.2. The summed E-state index contributed by atoms with van der Waals surface area (Å²) < 4.78 is 0. The summed E-state index contributed by atoms with van der Waals surface area (Å²) in [5.74, 6) is 0.390. The van der Waals surface area contributed by atoms with E-state index in [2.05, 4.69) is 42.3 Å². The molecule has 2 aromatic carbocycles. The first-order chi connectivity index (χ1) is 30.6. The first kappa shape index (κ1) is 54.0. The van der Waals surface area contributed by atoms with E-state index < -0.39 is 84.1 Å². The molecule has 0 aliphatic carbocycles. The maximum Gasteiger partial charge on any atom is 0.243 e. The molecule has 2 rings (SSSR count). The minimum Gasteiger partial charge on any atom is -0.370 e. The van der Waals surface area contributed by atoms with Gasteiger partial charge in [-0.15, -0.1) is 0 Å². The molecular formula is C43H70N14O7. The lowest BCUT2D eigenvalue weighted by atomic mass is 10.0. The number of guanidine groups is 1. The smallest absolute Gasteiger partial charge is 0.243 e. The van der Waals surface area contributed by atoms with E-state index in [9.17, 15) is 33.6 Å². The van der Waals surface area contributed by atoms with Crippen molar-refractivity contribution in [2.24, 2.45) is 45.4 Å². The fourth-order valence-electron chi connectivity index (χ4n) is 6.58. The second kappa shape index (κ2) is 30.0. The van der Waals surface area contributed by atoms with Gasteiger partial charge in [0.25, 0.3) is 0 Å². The predicted molar refractivity (Wildman–Crippen MR) is 244 cm³/mol. The quantitative estimate of drug-likeness (QED) is 0.0121. The van der Waals surface area contributed by atoms with Crippen LogP contribution in [-0.4, -0.2) is 110 Å². The Hall–Kier alpha value is -6.16. The fraction of sp³-hybridized carbons (Fsp3) is 0.535. The summed E-state index contributed by atoms with van der Waals surface area (Å²) in [4.78, 5) is 98.0. The Morgan fingerprint density at radius 3 is 1.48 bits per heavy atom. The number of benzene rings is 2. The SMILES string of the molecule is CC(C)[C@H](NC(=O)[C@H](CCCCN)NN)C(=O)NCC(=O)N[C@@H](Cc1ccccc1)C(=O)N[C@@H](Cc1ccccc1)C(=O)N[C@@H](CCCCN)C(=O)N[C@@H](CCCN=C(N)N)C(N)=O. The average Bonchev–Trinajstić information content (AvgIpc) is 3.26. The summed E-state index contributed by atoms with van der Waals surface area (Å²) in [6.45, 7) is 3.91. The third kappa shape index (κ3) is 20.8. The Bertz CT molecular complexity index is 1800. The van der Waals surface area contributed by atoms with Gasteiger partial charge in [-0.25, -0.2) is 5.43 Å². The molecule has 0 aliphatic heterocycles. The van der Waals surface area contributed by atoms with Crippen molar-refractivity contribution in [2.75, 3.05) is 26.2 Å². The van der Waals surface area contributed by atoms with Crippen molar-refractivity contribution in [3.63, 3.8) is 0 Å². The van der Waals surface area contributed by atoms with E-state index in [0.29, 0.717) is 62.7 Å². The van der Waals surface area contributed by atoms with Gasteiger partial charge in [0.15, 0.2) is 5.96 Å². The minimum atomic E-state index is -1.25. The van der Waals surface area contributed by atoms with E-state index in [1.807, 2.05) is 0 Å². The van der Waals surface area contributed by atoms with Crippen LogP contribution in [0.4, 0.5) is 0 Å². The Labute approximate surface area is 375 Å². The van der Waals surface area contributed by atoms with Crippen molar-refractivity contribution in [1.82, 2.24) is 37.3 Å². The zero-order chi connectivity index (χ0) is 47.4. The molecule has 354 valence electrons. The number of hydrogen-bond acceptors (Lipinski definition) is 12. The molecule has 0 aliphatic rings. The van der Waals surface area contributed by atoms with E-state index in [1.165, 1.54) is 0 Å². The number of nitrogens with zero attached hydrogens (tertiary/aromatic N) is 1. The van der Waals surface area contributed by atoms with E-state index in [1.54, 1.807) is 74.5 Å². The molecule has 0 bridgehead atoms. The molecule has 0 fully saturated rings. The van der Waals surface area contributed by atoms with Gasteiger partial charge in [-0.05, 0) is 75.1 Å². The van der Waals surface area contributed by atoms with Gasteiger partial charge >= 0.3 is 0 Å². The van der Waals surface area contributed by atoms with Crippen LogP contribution in [0.5, 0.6) is 0 Å². The number of hydrogen-bond donors (Lipinski definition) is 13. The number of primary amides is 1. The maximum absolute atomic E-state index is 14.2. The Morgan fingerprint density at radius 1 is 0.547 bits per heavy atom. The predicted octanol–water partition coefficient (Wildman–Crippen LogP) is -2.70. The highest BCUT2D eigenvalue weighted by atomic mass is 16.2. The topological polar surface area (TPSA) is 372 Å². The van der Waals surface area contributed by atoms with Gasteiger partial charge in [-0.2, -0.15) is 0 Å². The van der Waals surface area contributed by atoms with E-state index >= 15 is 0 Å². The van der Waals surface area contributed by atoms with Crippen LogP contribution >= 0.6 is 0 Å².